The summed E-state index contributed by atoms with van der Waals surface area (Å²) in [5.74, 6) is -0.457. The zero-order chi connectivity index (χ0) is 14.7. The van der Waals surface area contributed by atoms with E-state index in [0.717, 1.165) is 11.6 Å². The van der Waals surface area contributed by atoms with Crippen molar-refractivity contribution in [3.8, 4) is 0 Å². The Labute approximate surface area is 123 Å². The van der Waals surface area contributed by atoms with E-state index in [4.69, 9.17) is 18.9 Å². The molecule has 5 heteroatoms. The summed E-state index contributed by atoms with van der Waals surface area (Å²) in [7, 11) is 0. The lowest BCUT2D eigenvalue weighted by atomic mass is 10.1. The van der Waals surface area contributed by atoms with Gasteiger partial charge in [-0.2, -0.15) is 0 Å². The normalized spacial score (nSPS) is 30.9. The minimum atomic E-state index is -0.457. The molecule has 1 aromatic carbocycles. The predicted octanol–water partition coefficient (Wildman–Crippen LogP) is 1.47. The van der Waals surface area contributed by atoms with Crippen LogP contribution in [-0.4, -0.2) is 43.6 Å². The number of hydrogen-bond donors (Lipinski definition) is 0. The fourth-order valence-electron chi connectivity index (χ4n) is 2.65. The SMILES string of the molecule is C=CC(=O)O[C@@H]1COC2C1OC[C@H]2OCc1ccccc1. The molecule has 2 heterocycles. The lowest BCUT2D eigenvalue weighted by Gasteiger charge is -2.17. The van der Waals surface area contributed by atoms with Gasteiger partial charge in [0.15, 0.2) is 6.10 Å². The van der Waals surface area contributed by atoms with Crippen LogP contribution in [0.4, 0.5) is 0 Å². The van der Waals surface area contributed by atoms with Crippen LogP contribution in [0.15, 0.2) is 43.0 Å². The Balaban J connectivity index is 1.54. The fraction of sp³-hybridized carbons (Fsp3) is 0.438. The van der Waals surface area contributed by atoms with Gasteiger partial charge < -0.3 is 18.9 Å². The van der Waals surface area contributed by atoms with Gasteiger partial charge in [0.05, 0.1) is 19.8 Å². The number of fused-ring (bicyclic) bond motifs is 1. The van der Waals surface area contributed by atoms with E-state index in [2.05, 4.69) is 6.58 Å². The second-order valence-electron chi connectivity index (χ2n) is 5.11. The molecular formula is C16H18O5. The Hall–Kier alpha value is -1.69. The second kappa shape index (κ2) is 6.39. The van der Waals surface area contributed by atoms with Gasteiger partial charge in [-0.25, -0.2) is 4.79 Å². The van der Waals surface area contributed by atoms with Crippen LogP contribution in [0.25, 0.3) is 0 Å². The average Bonchev–Trinajstić information content (AvgIpc) is 3.09. The molecule has 0 aliphatic carbocycles. The molecule has 2 saturated heterocycles. The standard InChI is InChI=1S/C16H18O5/c1-2-14(17)21-13-10-20-15-12(9-19-16(13)15)18-8-11-6-4-3-5-7-11/h2-7,12-13,15-16H,1,8-10H2/t12-,13-,15?,16?/m1/s1. The third-order valence-electron chi connectivity index (χ3n) is 3.70. The number of carbonyl (C=O) groups excluding carboxylic acids is 1. The highest BCUT2D eigenvalue weighted by Gasteiger charge is 2.49. The third-order valence-corrected chi connectivity index (χ3v) is 3.70. The van der Waals surface area contributed by atoms with Gasteiger partial charge in [-0.3, -0.25) is 0 Å². The van der Waals surface area contributed by atoms with Gasteiger partial charge >= 0.3 is 5.97 Å². The maximum atomic E-state index is 11.3. The van der Waals surface area contributed by atoms with Gasteiger partial charge in [0, 0.05) is 6.08 Å². The molecule has 112 valence electrons. The molecule has 0 aromatic heterocycles. The molecule has 2 fully saturated rings. The third kappa shape index (κ3) is 3.15. The van der Waals surface area contributed by atoms with Crippen molar-refractivity contribution in [2.75, 3.05) is 13.2 Å². The zero-order valence-corrected chi connectivity index (χ0v) is 11.6. The fourth-order valence-corrected chi connectivity index (χ4v) is 2.65. The molecule has 2 unspecified atom stereocenters. The van der Waals surface area contributed by atoms with Gasteiger partial charge in [0.1, 0.15) is 18.3 Å². The monoisotopic (exact) mass is 290 g/mol. The molecule has 0 saturated carbocycles. The molecule has 5 nitrogen and oxygen atoms in total. The topological polar surface area (TPSA) is 54.0 Å². The Morgan fingerprint density at radius 1 is 1.19 bits per heavy atom. The Kier molecular flexibility index (Phi) is 4.34. The van der Waals surface area contributed by atoms with E-state index in [1.54, 1.807) is 0 Å². The van der Waals surface area contributed by atoms with Gasteiger partial charge in [-0.15, -0.1) is 0 Å². The molecule has 1 aromatic rings. The van der Waals surface area contributed by atoms with E-state index < -0.39 is 5.97 Å². The van der Waals surface area contributed by atoms with Crippen molar-refractivity contribution in [3.63, 3.8) is 0 Å². The molecule has 2 aliphatic heterocycles. The summed E-state index contributed by atoms with van der Waals surface area (Å²) in [5.41, 5.74) is 1.11. The molecule has 21 heavy (non-hydrogen) atoms. The van der Waals surface area contributed by atoms with Gasteiger partial charge in [0.2, 0.25) is 0 Å². The molecule has 0 spiro atoms. The van der Waals surface area contributed by atoms with Gasteiger partial charge in [-0.05, 0) is 5.56 Å². The summed E-state index contributed by atoms with van der Waals surface area (Å²) in [6.07, 6.45) is 0.186. The number of rotatable bonds is 5. The molecule has 0 radical (unpaired) electrons. The summed E-state index contributed by atoms with van der Waals surface area (Å²) in [4.78, 5) is 11.3. The Morgan fingerprint density at radius 3 is 2.57 bits per heavy atom. The largest absolute Gasteiger partial charge is 0.454 e. The van der Waals surface area contributed by atoms with E-state index in [-0.39, 0.29) is 24.4 Å². The maximum Gasteiger partial charge on any atom is 0.330 e. The van der Waals surface area contributed by atoms with Crippen LogP contribution in [0.5, 0.6) is 0 Å². The smallest absolute Gasteiger partial charge is 0.330 e. The average molecular weight is 290 g/mol. The van der Waals surface area contributed by atoms with E-state index in [1.165, 1.54) is 0 Å². The molecule has 0 bridgehead atoms. The molecule has 0 N–H and O–H groups in total. The van der Waals surface area contributed by atoms with Crippen molar-refractivity contribution in [1.29, 1.82) is 0 Å². The number of hydrogen-bond acceptors (Lipinski definition) is 5. The lowest BCUT2D eigenvalue weighted by Crippen LogP contribution is -2.34. The van der Waals surface area contributed by atoms with E-state index >= 15 is 0 Å². The van der Waals surface area contributed by atoms with Gasteiger partial charge in [0.25, 0.3) is 0 Å². The number of ether oxygens (including phenoxy) is 4. The van der Waals surface area contributed by atoms with Crippen LogP contribution in [0, 0.1) is 0 Å². The number of benzene rings is 1. The highest BCUT2D eigenvalue weighted by molar-refractivity contribution is 5.81. The summed E-state index contributed by atoms with van der Waals surface area (Å²) in [6, 6.07) is 9.94. The first kappa shape index (κ1) is 14.3. The molecule has 2 aliphatic rings. The quantitative estimate of drug-likeness (QED) is 0.607. The van der Waals surface area contributed by atoms with Crippen LogP contribution < -0.4 is 0 Å². The van der Waals surface area contributed by atoms with Crippen LogP contribution in [0.2, 0.25) is 0 Å². The van der Waals surface area contributed by atoms with E-state index in [9.17, 15) is 4.79 Å². The summed E-state index contributed by atoms with van der Waals surface area (Å²) in [6.45, 7) is 4.68. The first-order valence-electron chi connectivity index (χ1n) is 6.99. The predicted molar refractivity (Wildman–Crippen MR) is 74.6 cm³/mol. The highest BCUT2D eigenvalue weighted by atomic mass is 16.7. The van der Waals surface area contributed by atoms with Crippen LogP contribution in [-0.2, 0) is 30.3 Å². The molecular weight excluding hydrogens is 272 g/mol. The van der Waals surface area contributed by atoms with Crippen LogP contribution in [0.3, 0.4) is 0 Å². The van der Waals surface area contributed by atoms with Gasteiger partial charge in [-0.1, -0.05) is 36.9 Å². The molecule has 0 amide bonds. The van der Waals surface area contributed by atoms with Crippen molar-refractivity contribution >= 4 is 5.97 Å². The second-order valence-corrected chi connectivity index (χ2v) is 5.11. The van der Waals surface area contributed by atoms with Crippen molar-refractivity contribution < 1.29 is 23.7 Å². The van der Waals surface area contributed by atoms with Crippen molar-refractivity contribution in [3.05, 3.63) is 48.6 Å². The zero-order valence-electron chi connectivity index (χ0n) is 11.6. The minimum Gasteiger partial charge on any atom is -0.454 e. The van der Waals surface area contributed by atoms with Crippen LogP contribution in [0.1, 0.15) is 5.56 Å². The van der Waals surface area contributed by atoms with Crippen molar-refractivity contribution in [2.45, 2.75) is 31.0 Å². The first-order valence-corrected chi connectivity index (χ1v) is 6.99. The summed E-state index contributed by atoms with van der Waals surface area (Å²) in [5, 5.41) is 0. The number of carbonyl (C=O) groups is 1. The Bertz CT molecular complexity index is 501. The maximum absolute atomic E-state index is 11.3. The van der Waals surface area contributed by atoms with Crippen LogP contribution >= 0.6 is 0 Å². The summed E-state index contributed by atoms with van der Waals surface area (Å²) < 4.78 is 22.4. The van der Waals surface area contributed by atoms with Crippen molar-refractivity contribution in [1.82, 2.24) is 0 Å². The Morgan fingerprint density at radius 2 is 1.86 bits per heavy atom. The summed E-state index contributed by atoms with van der Waals surface area (Å²) >= 11 is 0. The lowest BCUT2D eigenvalue weighted by molar-refractivity contribution is -0.147. The minimum absolute atomic E-state index is 0.136. The molecule has 4 atom stereocenters. The number of esters is 1. The van der Waals surface area contributed by atoms with E-state index in [0.29, 0.717) is 19.8 Å². The van der Waals surface area contributed by atoms with E-state index in [1.807, 2.05) is 30.3 Å². The molecule has 3 rings (SSSR count). The first-order chi connectivity index (χ1) is 10.3. The van der Waals surface area contributed by atoms with Crippen molar-refractivity contribution in [2.24, 2.45) is 0 Å². The highest BCUT2D eigenvalue weighted by Crippen LogP contribution is 2.31.